The van der Waals surface area contributed by atoms with E-state index in [0.717, 1.165) is 6.07 Å². The molecule has 3 rings (SSSR count). The molecular formula is C16H16F3N3OS. The molecule has 0 spiro atoms. The molecule has 2 aromatic rings. The molecule has 1 aromatic carbocycles. The number of carbonyl (C=O) groups is 1. The highest BCUT2D eigenvalue weighted by atomic mass is 32.1. The van der Waals surface area contributed by atoms with E-state index in [0.29, 0.717) is 37.0 Å². The molecule has 1 aliphatic heterocycles. The molecule has 2 heterocycles. The molecule has 1 aliphatic rings. The van der Waals surface area contributed by atoms with Crippen molar-refractivity contribution < 1.29 is 18.0 Å². The number of anilines is 1. The molecule has 8 heteroatoms. The van der Waals surface area contributed by atoms with Gasteiger partial charge in [-0.3, -0.25) is 4.79 Å². The number of aromatic nitrogens is 1. The maximum Gasteiger partial charge on any atom is 0.417 e. The van der Waals surface area contributed by atoms with E-state index < -0.39 is 11.7 Å². The van der Waals surface area contributed by atoms with Crippen molar-refractivity contribution in [2.75, 3.05) is 31.1 Å². The Morgan fingerprint density at radius 3 is 2.46 bits per heavy atom. The van der Waals surface area contributed by atoms with E-state index in [1.54, 1.807) is 16.3 Å². The van der Waals surface area contributed by atoms with Crippen LogP contribution in [0.2, 0.25) is 0 Å². The highest BCUT2D eigenvalue weighted by Gasteiger charge is 2.34. The Hall–Kier alpha value is -2.09. The van der Waals surface area contributed by atoms with Gasteiger partial charge < -0.3 is 9.80 Å². The van der Waals surface area contributed by atoms with Crippen LogP contribution in [-0.4, -0.2) is 42.0 Å². The molecule has 0 unspecified atom stereocenters. The van der Waals surface area contributed by atoms with Gasteiger partial charge in [-0.05, 0) is 6.07 Å². The number of rotatable bonds is 2. The first-order valence-corrected chi connectivity index (χ1v) is 8.37. The predicted molar refractivity (Wildman–Crippen MR) is 87.0 cm³/mol. The Labute approximate surface area is 141 Å². The van der Waals surface area contributed by atoms with Gasteiger partial charge in [0, 0.05) is 44.0 Å². The minimum absolute atomic E-state index is 0.0357. The number of benzene rings is 1. The molecule has 4 nitrogen and oxygen atoms in total. The molecule has 1 amide bonds. The van der Waals surface area contributed by atoms with Gasteiger partial charge in [0.1, 0.15) is 0 Å². The first-order valence-electron chi connectivity index (χ1n) is 7.49. The fraction of sp³-hybridized carbons (Fsp3) is 0.375. The Morgan fingerprint density at radius 1 is 1.17 bits per heavy atom. The van der Waals surface area contributed by atoms with Crippen LogP contribution >= 0.6 is 11.3 Å². The van der Waals surface area contributed by atoms with Crippen LogP contribution < -0.4 is 4.90 Å². The number of hydrogen-bond acceptors (Lipinski definition) is 4. The van der Waals surface area contributed by atoms with E-state index >= 15 is 0 Å². The van der Waals surface area contributed by atoms with Crippen LogP contribution in [0.15, 0.2) is 29.6 Å². The van der Waals surface area contributed by atoms with Crippen molar-refractivity contribution in [1.29, 1.82) is 0 Å². The summed E-state index contributed by atoms with van der Waals surface area (Å²) in [5, 5.41) is 2.34. The molecule has 24 heavy (non-hydrogen) atoms. The van der Waals surface area contributed by atoms with E-state index in [1.165, 1.54) is 30.4 Å². The van der Waals surface area contributed by atoms with E-state index in [2.05, 4.69) is 4.98 Å². The fourth-order valence-electron chi connectivity index (χ4n) is 2.70. The molecule has 1 aromatic heterocycles. The topological polar surface area (TPSA) is 36.4 Å². The third kappa shape index (κ3) is 3.38. The van der Waals surface area contributed by atoms with Crippen LogP contribution in [-0.2, 0) is 11.0 Å². The average molecular weight is 355 g/mol. The maximum absolute atomic E-state index is 13.1. The SMILES string of the molecule is CC(=O)N1CCN(c2nc(-c3ccccc3C(F)(F)F)cs2)CC1. The second-order valence-electron chi connectivity index (χ2n) is 5.55. The maximum atomic E-state index is 13.1. The zero-order chi connectivity index (χ0) is 17.3. The molecule has 0 aliphatic carbocycles. The molecule has 0 saturated carbocycles. The predicted octanol–water partition coefficient (Wildman–Crippen LogP) is 3.50. The van der Waals surface area contributed by atoms with Crippen molar-refractivity contribution in [2.45, 2.75) is 13.1 Å². The van der Waals surface area contributed by atoms with Crippen molar-refractivity contribution in [1.82, 2.24) is 9.88 Å². The molecule has 1 fully saturated rings. The fourth-order valence-corrected chi connectivity index (χ4v) is 3.58. The van der Waals surface area contributed by atoms with Crippen LogP contribution in [0.1, 0.15) is 12.5 Å². The summed E-state index contributed by atoms with van der Waals surface area (Å²) in [5.74, 6) is 0.0357. The Balaban J connectivity index is 1.81. The van der Waals surface area contributed by atoms with E-state index in [-0.39, 0.29) is 11.5 Å². The quantitative estimate of drug-likeness (QED) is 0.827. The van der Waals surface area contributed by atoms with Gasteiger partial charge in [-0.15, -0.1) is 11.3 Å². The lowest BCUT2D eigenvalue weighted by atomic mass is 10.1. The molecule has 0 bridgehead atoms. The van der Waals surface area contributed by atoms with Crippen LogP contribution in [0, 0.1) is 0 Å². The lowest BCUT2D eigenvalue weighted by Gasteiger charge is -2.33. The summed E-state index contributed by atoms with van der Waals surface area (Å²) in [5.41, 5.74) is -0.255. The molecule has 1 saturated heterocycles. The number of piperazine rings is 1. The van der Waals surface area contributed by atoms with Crippen molar-refractivity contribution in [3.63, 3.8) is 0 Å². The van der Waals surface area contributed by atoms with Gasteiger partial charge in [0.2, 0.25) is 5.91 Å². The second-order valence-corrected chi connectivity index (χ2v) is 6.39. The summed E-state index contributed by atoms with van der Waals surface area (Å²) in [6, 6.07) is 5.46. The average Bonchev–Trinajstić information content (AvgIpc) is 3.04. The number of carbonyl (C=O) groups excluding carboxylic acids is 1. The van der Waals surface area contributed by atoms with Crippen LogP contribution in [0.4, 0.5) is 18.3 Å². The van der Waals surface area contributed by atoms with Crippen molar-refractivity contribution in [2.24, 2.45) is 0 Å². The number of halogens is 3. The minimum Gasteiger partial charge on any atom is -0.345 e. The third-order valence-electron chi connectivity index (χ3n) is 4.00. The largest absolute Gasteiger partial charge is 0.417 e. The van der Waals surface area contributed by atoms with Crippen LogP contribution in [0.25, 0.3) is 11.3 Å². The van der Waals surface area contributed by atoms with Crippen LogP contribution in [0.3, 0.4) is 0 Å². The van der Waals surface area contributed by atoms with Gasteiger partial charge in [-0.2, -0.15) is 13.2 Å². The Kier molecular flexibility index (Phi) is 4.49. The van der Waals surface area contributed by atoms with Gasteiger partial charge >= 0.3 is 6.18 Å². The van der Waals surface area contributed by atoms with E-state index in [1.807, 2.05) is 4.90 Å². The van der Waals surface area contributed by atoms with Gasteiger partial charge in [-0.25, -0.2) is 4.98 Å². The number of amides is 1. The zero-order valence-electron chi connectivity index (χ0n) is 13.0. The number of nitrogens with zero attached hydrogens (tertiary/aromatic N) is 3. The van der Waals surface area contributed by atoms with E-state index in [9.17, 15) is 18.0 Å². The summed E-state index contributed by atoms with van der Waals surface area (Å²) in [6.07, 6.45) is -4.41. The summed E-state index contributed by atoms with van der Waals surface area (Å²) < 4.78 is 39.4. The number of thiazole rings is 1. The normalized spacial score (nSPS) is 15.7. The smallest absolute Gasteiger partial charge is 0.345 e. The molecule has 0 N–H and O–H groups in total. The summed E-state index contributed by atoms with van der Waals surface area (Å²) in [4.78, 5) is 19.5. The standard InChI is InChI=1S/C16H16F3N3OS/c1-11(23)21-6-8-22(9-7-21)15-20-14(10-24-15)12-4-2-3-5-13(12)16(17,18)19/h2-5,10H,6-9H2,1H3. The van der Waals surface area contributed by atoms with Crippen molar-refractivity contribution in [3.8, 4) is 11.3 Å². The van der Waals surface area contributed by atoms with E-state index in [4.69, 9.17) is 0 Å². The van der Waals surface area contributed by atoms with Crippen molar-refractivity contribution >= 4 is 22.4 Å². The number of hydrogen-bond donors (Lipinski definition) is 0. The van der Waals surface area contributed by atoms with Gasteiger partial charge in [0.05, 0.1) is 11.3 Å². The summed E-state index contributed by atoms with van der Waals surface area (Å²) >= 11 is 1.32. The lowest BCUT2D eigenvalue weighted by molar-refractivity contribution is -0.137. The first kappa shape index (κ1) is 16.8. The molecule has 128 valence electrons. The van der Waals surface area contributed by atoms with Gasteiger partial charge in [0.15, 0.2) is 5.13 Å². The molecule has 0 radical (unpaired) electrons. The minimum atomic E-state index is -4.41. The Bertz CT molecular complexity index is 736. The summed E-state index contributed by atoms with van der Waals surface area (Å²) in [6.45, 7) is 4.00. The van der Waals surface area contributed by atoms with Crippen LogP contribution in [0.5, 0.6) is 0 Å². The number of alkyl halides is 3. The molecule has 0 atom stereocenters. The van der Waals surface area contributed by atoms with Gasteiger partial charge in [-0.1, -0.05) is 18.2 Å². The first-order chi connectivity index (χ1) is 11.4. The third-order valence-corrected chi connectivity index (χ3v) is 4.90. The monoisotopic (exact) mass is 355 g/mol. The highest BCUT2D eigenvalue weighted by molar-refractivity contribution is 7.14. The van der Waals surface area contributed by atoms with Gasteiger partial charge in [0.25, 0.3) is 0 Å². The Morgan fingerprint density at radius 2 is 1.83 bits per heavy atom. The lowest BCUT2D eigenvalue weighted by Crippen LogP contribution is -2.48. The molecular weight excluding hydrogens is 339 g/mol. The highest BCUT2D eigenvalue weighted by Crippen LogP contribution is 2.38. The summed E-state index contributed by atoms with van der Waals surface area (Å²) in [7, 11) is 0. The van der Waals surface area contributed by atoms with Crippen molar-refractivity contribution in [3.05, 3.63) is 35.2 Å². The second kappa shape index (κ2) is 6.43. The zero-order valence-corrected chi connectivity index (χ0v) is 13.8.